The summed E-state index contributed by atoms with van der Waals surface area (Å²) >= 11 is 1.98. The first kappa shape index (κ1) is 21.1. The van der Waals surface area contributed by atoms with Gasteiger partial charge in [-0.15, -0.1) is 0 Å². The van der Waals surface area contributed by atoms with Crippen LogP contribution in [-0.2, 0) is 12.4 Å². The van der Waals surface area contributed by atoms with Gasteiger partial charge in [0.05, 0.1) is 11.3 Å². The van der Waals surface area contributed by atoms with Gasteiger partial charge in [-0.2, -0.15) is 31.4 Å². The zero-order chi connectivity index (χ0) is 21.4. The molecule has 0 radical (unpaired) electrons. The van der Waals surface area contributed by atoms with Crippen molar-refractivity contribution in [2.75, 3.05) is 5.32 Å². The number of rotatable bonds is 3. The van der Waals surface area contributed by atoms with Crippen LogP contribution in [-0.4, -0.2) is 15.7 Å². The SMILES string of the molecule is O=C(Nc1ccc(-n2nc(C(F)(F)F)cc2C(F)(F)F)cc1)c1ccccc1I. The molecule has 11 heteroatoms. The summed E-state index contributed by atoms with van der Waals surface area (Å²) in [4.78, 5) is 12.3. The van der Waals surface area contributed by atoms with E-state index in [0.717, 1.165) is 12.1 Å². The van der Waals surface area contributed by atoms with E-state index in [0.29, 0.717) is 9.13 Å². The number of alkyl halides is 6. The highest BCUT2D eigenvalue weighted by atomic mass is 127. The zero-order valence-corrected chi connectivity index (χ0v) is 16.3. The average Bonchev–Trinajstić information content (AvgIpc) is 3.09. The van der Waals surface area contributed by atoms with Crippen molar-refractivity contribution in [1.82, 2.24) is 9.78 Å². The van der Waals surface area contributed by atoms with Crippen molar-refractivity contribution >= 4 is 34.2 Å². The predicted octanol–water partition coefficient (Wildman–Crippen LogP) is 5.77. The maximum Gasteiger partial charge on any atom is 0.435 e. The van der Waals surface area contributed by atoms with Crippen LogP contribution in [0.25, 0.3) is 5.69 Å². The Morgan fingerprint density at radius 3 is 2.10 bits per heavy atom. The zero-order valence-electron chi connectivity index (χ0n) is 14.1. The van der Waals surface area contributed by atoms with Crippen LogP contribution < -0.4 is 5.32 Å². The van der Waals surface area contributed by atoms with E-state index in [1.54, 1.807) is 24.3 Å². The highest BCUT2D eigenvalue weighted by Crippen LogP contribution is 2.36. The molecule has 0 spiro atoms. The van der Waals surface area contributed by atoms with Crippen LogP contribution in [0.3, 0.4) is 0 Å². The number of carbonyl (C=O) groups is 1. The Bertz CT molecular complexity index is 1040. The van der Waals surface area contributed by atoms with E-state index in [-0.39, 0.29) is 22.1 Å². The molecule has 2 aromatic carbocycles. The third-order valence-corrected chi connectivity index (χ3v) is 4.72. The number of carbonyl (C=O) groups excluding carboxylic acids is 1. The van der Waals surface area contributed by atoms with Gasteiger partial charge in [0, 0.05) is 15.3 Å². The molecule has 0 unspecified atom stereocenters. The number of aromatic nitrogens is 2. The summed E-state index contributed by atoms with van der Waals surface area (Å²) in [6.45, 7) is 0. The van der Waals surface area contributed by atoms with Gasteiger partial charge in [-0.05, 0) is 59.0 Å². The molecule has 0 fully saturated rings. The first-order valence-corrected chi connectivity index (χ1v) is 8.95. The summed E-state index contributed by atoms with van der Waals surface area (Å²) in [7, 11) is 0. The van der Waals surface area contributed by atoms with Gasteiger partial charge in [0.1, 0.15) is 5.69 Å². The van der Waals surface area contributed by atoms with Gasteiger partial charge < -0.3 is 5.32 Å². The highest BCUT2D eigenvalue weighted by molar-refractivity contribution is 14.1. The summed E-state index contributed by atoms with van der Waals surface area (Å²) in [5.41, 5.74) is -2.78. The number of amides is 1. The van der Waals surface area contributed by atoms with Gasteiger partial charge >= 0.3 is 12.4 Å². The number of halogens is 7. The van der Waals surface area contributed by atoms with Gasteiger partial charge in [0.25, 0.3) is 5.91 Å². The van der Waals surface area contributed by atoms with E-state index >= 15 is 0 Å². The highest BCUT2D eigenvalue weighted by Gasteiger charge is 2.42. The second-order valence-electron chi connectivity index (χ2n) is 5.80. The summed E-state index contributed by atoms with van der Waals surface area (Å²) in [6.07, 6.45) is -10.1. The van der Waals surface area contributed by atoms with Crippen molar-refractivity contribution in [2.45, 2.75) is 12.4 Å². The third kappa shape index (κ3) is 4.71. The first-order valence-electron chi connectivity index (χ1n) is 7.87. The minimum Gasteiger partial charge on any atom is -0.322 e. The molecule has 4 nitrogen and oxygen atoms in total. The maximum absolute atomic E-state index is 13.1. The topological polar surface area (TPSA) is 46.9 Å². The molecular formula is C18H10F6IN3O. The van der Waals surface area contributed by atoms with Crippen molar-refractivity contribution in [3.05, 3.63) is 75.1 Å². The van der Waals surface area contributed by atoms with E-state index in [4.69, 9.17) is 0 Å². The van der Waals surface area contributed by atoms with Crippen molar-refractivity contribution < 1.29 is 31.1 Å². The molecule has 0 aliphatic heterocycles. The smallest absolute Gasteiger partial charge is 0.322 e. The first-order chi connectivity index (χ1) is 13.5. The van der Waals surface area contributed by atoms with Crippen LogP contribution in [0.15, 0.2) is 54.6 Å². The van der Waals surface area contributed by atoms with Crippen LogP contribution in [0.5, 0.6) is 0 Å². The van der Waals surface area contributed by atoms with E-state index in [1.807, 2.05) is 22.6 Å². The Hall–Kier alpha value is -2.57. The Kier molecular flexibility index (Phi) is 5.61. The molecule has 0 aliphatic carbocycles. The summed E-state index contributed by atoms with van der Waals surface area (Å²) in [6, 6.07) is 11.5. The van der Waals surface area contributed by atoms with Crippen molar-refractivity contribution in [2.24, 2.45) is 0 Å². The van der Waals surface area contributed by atoms with E-state index < -0.39 is 29.6 Å². The maximum atomic E-state index is 13.1. The van der Waals surface area contributed by atoms with Crippen LogP contribution in [0.1, 0.15) is 21.7 Å². The molecule has 1 amide bonds. The van der Waals surface area contributed by atoms with E-state index in [1.165, 1.54) is 12.1 Å². The summed E-state index contributed by atoms with van der Waals surface area (Å²) < 4.78 is 78.6. The minimum absolute atomic E-state index is 0.0486. The predicted molar refractivity (Wildman–Crippen MR) is 101 cm³/mol. The van der Waals surface area contributed by atoms with Crippen molar-refractivity contribution in [1.29, 1.82) is 0 Å². The lowest BCUT2D eigenvalue weighted by Gasteiger charge is -2.11. The number of nitrogens with one attached hydrogen (secondary N) is 1. The van der Waals surface area contributed by atoms with Crippen LogP contribution in [0.2, 0.25) is 0 Å². The van der Waals surface area contributed by atoms with Gasteiger partial charge in [-0.1, -0.05) is 12.1 Å². The number of benzene rings is 2. The fourth-order valence-corrected chi connectivity index (χ4v) is 3.08. The second-order valence-corrected chi connectivity index (χ2v) is 6.97. The van der Waals surface area contributed by atoms with Crippen LogP contribution in [0.4, 0.5) is 32.0 Å². The molecule has 3 aromatic rings. The summed E-state index contributed by atoms with van der Waals surface area (Å²) in [5, 5.41) is 5.63. The number of anilines is 1. The number of hydrogen-bond acceptors (Lipinski definition) is 2. The standard InChI is InChI=1S/C18H10F6IN3O/c19-17(20,21)14-9-15(18(22,23)24)28(27-14)11-7-5-10(6-8-11)26-16(29)12-3-1-2-4-13(12)25/h1-9H,(H,26,29). The molecule has 1 aromatic heterocycles. The molecular weight excluding hydrogens is 515 g/mol. The Balaban J connectivity index is 1.90. The molecule has 152 valence electrons. The lowest BCUT2D eigenvalue weighted by Crippen LogP contribution is -2.14. The molecule has 0 atom stereocenters. The van der Waals surface area contributed by atoms with Crippen LogP contribution in [0, 0.1) is 3.57 Å². The molecule has 1 heterocycles. The fourth-order valence-electron chi connectivity index (χ4n) is 2.45. The van der Waals surface area contributed by atoms with Gasteiger partial charge in [-0.3, -0.25) is 4.79 Å². The Morgan fingerprint density at radius 2 is 1.55 bits per heavy atom. The van der Waals surface area contributed by atoms with Crippen molar-refractivity contribution in [3.63, 3.8) is 0 Å². The molecule has 3 rings (SSSR count). The average molecular weight is 525 g/mol. The fraction of sp³-hybridized carbons (Fsp3) is 0.111. The molecule has 1 N–H and O–H groups in total. The van der Waals surface area contributed by atoms with Crippen LogP contribution >= 0.6 is 22.6 Å². The molecule has 0 saturated carbocycles. The number of hydrogen-bond donors (Lipinski definition) is 1. The lowest BCUT2D eigenvalue weighted by molar-refractivity contribution is -0.143. The Morgan fingerprint density at radius 1 is 0.931 bits per heavy atom. The normalized spacial score (nSPS) is 12.1. The lowest BCUT2D eigenvalue weighted by atomic mass is 10.2. The van der Waals surface area contributed by atoms with Gasteiger partial charge in [-0.25, -0.2) is 4.68 Å². The molecule has 29 heavy (non-hydrogen) atoms. The second kappa shape index (κ2) is 7.69. The monoisotopic (exact) mass is 525 g/mol. The van der Waals surface area contributed by atoms with E-state index in [2.05, 4.69) is 10.4 Å². The quantitative estimate of drug-likeness (QED) is 0.349. The van der Waals surface area contributed by atoms with Gasteiger partial charge in [0.15, 0.2) is 5.69 Å². The summed E-state index contributed by atoms with van der Waals surface area (Å²) in [5.74, 6) is -0.433. The third-order valence-electron chi connectivity index (χ3n) is 3.78. The van der Waals surface area contributed by atoms with Crippen molar-refractivity contribution in [3.8, 4) is 5.69 Å². The largest absolute Gasteiger partial charge is 0.435 e. The number of nitrogens with zero attached hydrogens (tertiary/aromatic N) is 2. The molecule has 0 saturated heterocycles. The Labute approximate surface area is 173 Å². The minimum atomic E-state index is -5.03. The van der Waals surface area contributed by atoms with Gasteiger partial charge in [0.2, 0.25) is 0 Å². The molecule has 0 bridgehead atoms. The molecule has 0 aliphatic rings. The van der Waals surface area contributed by atoms with E-state index in [9.17, 15) is 31.1 Å².